The summed E-state index contributed by atoms with van der Waals surface area (Å²) < 4.78 is 22.6. The summed E-state index contributed by atoms with van der Waals surface area (Å²) in [6, 6.07) is 7.11. The Balaban J connectivity index is 2.11. The summed E-state index contributed by atoms with van der Waals surface area (Å²) >= 11 is 0. The van der Waals surface area contributed by atoms with Crippen LogP contribution in [0.25, 0.3) is 10.4 Å². The van der Waals surface area contributed by atoms with Gasteiger partial charge in [0.15, 0.2) is 9.84 Å². The highest BCUT2D eigenvalue weighted by Crippen LogP contribution is 2.21. The van der Waals surface area contributed by atoms with Crippen molar-refractivity contribution in [3.05, 3.63) is 34.7 Å². The van der Waals surface area contributed by atoms with Crippen LogP contribution in [0, 0.1) is 0 Å². The fraction of sp³-hybridized carbons (Fsp3) is 0.400. The van der Waals surface area contributed by atoms with Gasteiger partial charge in [0.2, 0.25) is 0 Å². The Morgan fingerprint density at radius 1 is 1.18 bits per heavy atom. The molecule has 1 aromatic rings. The van der Waals surface area contributed by atoms with Gasteiger partial charge in [-0.1, -0.05) is 17.2 Å². The lowest BCUT2D eigenvalue weighted by Gasteiger charge is -2.28. The summed E-state index contributed by atoms with van der Waals surface area (Å²) in [4.78, 5) is 4.71. The van der Waals surface area contributed by atoms with Crippen molar-refractivity contribution in [3.63, 3.8) is 0 Å². The molecule has 0 N–H and O–H groups in total. The van der Waals surface area contributed by atoms with Crippen molar-refractivity contribution in [3.8, 4) is 0 Å². The van der Waals surface area contributed by atoms with Crippen molar-refractivity contribution in [2.75, 3.05) is 29.5 Å². The maximum atomic E-state index is 11.3. The molecule has 1 aromatic carbocycles. The van der Waals surface area contributed by atoms with Crippen molar-refractivity contribution in [2.24, 2.45) is 5.11 Å². The first-order valence-electron chi connectivity index (χ1n) is 5.21. The van der Waals surface area contributed by atoms with E-state index in [0.29, 0.717) is 18.8 Å². The summed E-state index contributed by atoms with van der Waals surface area (Å²) in [6.45, 7) is 1.03. The Bertz CT molecular complexity index is 532. The van der Waals surface area contributed by atoms with E-state index in [1.54, 1.807) is 12.1 Å². The maximum Gasteiger partial charge on any atom is 0.153 e. The molecular weight excluding hydrogens is 240 g/mol. The zero-order chi connectivity index (χ0) is 12.3. The Morgan fingerprint density at radius 3 is 2.29 bits per heavy atom. The van der Waals surface area contributed by atoms with E-state index >= 15 is 0 Å². The van der Waals surface area contributed by atoms with Gasteiger partial charge < -0.3 is 4.90 Å². The molecule has 2 rings (SSSR count). The van der Waals surface area contributed by atoms with E-state index in [-0.39, 0.29) is 11.5 Å². The highest BCUT2D eigenvalue weighted by Gasteiger charge is 2.21. The normalized spacial score (nSPS) is 18.5. The minimum absolute atomic E-state index is 0.200. The Labute approximate surface area is 99.4 Å². The second-order valence-electron chi connectivity index (χ2n) is 3.84. The van der Waals surface area contributed by atoms with E-state index in [1.807, 2.05) is 17.0 Å². The van der Waals surface area contributed by atoms with Crippen LogP contribution >= 0.6 is 0 Å². The standard InChI is InChI=1S/C10H12N4O2S/c11-13-12-9-1-3-10(4-2-9)14-5-7-17(15,16)8-6-14/h1-4H,5-8H2. The number of azide groups is 1. The van der Waals surface area contributed by atoms with Crippen molar-refractivity contribution >= 4 is 21.2 Å². The molecule has 1 aliphatic heterocycles. The fourth-order valence-electron chi connectivity index (χ4n) is 1.75. The smallest absolute Gasteiger partial charge is 0.153 e. The molecule has 1 aliphatic rings. The zero-order valence-corrected chi connectivity index (χ0v) is 9.97. The molecule has 0 aromatic heterocycles. The lowest BCUT2D eigenvalue weighted by atomic mass is 10.2. The minimum atomic E-state index is -2.85. The van der Waals surface area contributed by atoms with Crippen molar-refractivity contribution in [1.82, 2.24) is 0 Å². The molecule has 1 saturated heterocycles. The second-order valence-corrected chi connectivity index (χ2v) is 6.15. The molecule has 0 unspecified atom stereocenters. The summed E-state index contributed by atoms with van der Waals surface area (Å²) in [5, 5.41) is 3.48. The molecule has 1 fully saturated rings. The van der Waals surface area contributed by atoms with Crippen LogP contribution in [-0.4, -0.2) is 33.0 Å². The van der Waals surface area contributed by atoms with Gasteiger partial charge in [-0.25, -0.2) is 8.42 Å². The summed E-state index contributed by atoms with van der Waals surface area (Å²) in [6.07, 6.45) is 0. The van der Waals surface area contributed by atoms with Gasteiger partial charge >= 0.3 is 0 Å². The van der Waals surface area contributed by atoms with Gasteiger partial charge in [-0.3, -0.25) is 0 Å². The molecule has 0 spiro atoms. The average Bonchev–Trinajstić information content (AvgIpc) is 2.31. The van der Waals surface area contributed by atoms with Gasteiger partial charge in [-0.2, -0.15) is 0 Å². The van der Waals surface area contributed by atoms with Crippen LogP contribution in [0.1, 0.15) is 0 Å². The molecule has 6 nitrogen and oxygen atoms in total. The van der Waals surface area contributed by atoms with E-state index in [1.165, 1.54) is 0 Å². The van der Waals surface area contributed by atoms with Crippen LogP contribution in [0.2, 0.25) is 0 Å². The first kappa shape index (κ1) is 11.8. The number of sulfone groups is 1. The van der Waals surface area contributed by atoms with Gasteiger partial charge in [0, 0.05) is 29.4 Å². The highest BCUT2D eigenvalue weighted by molar-refractivity contribution is 7.91. The Kier molecular flexibility index (Phi) is 3.21. The monoisotopic (exact) mass is 252 g/mol. The van der Waals surface area contributed by atoms with Crippen LogP contribution in [0.4, 0.5) is 11.4 Å². The average molecular weight is 252 g/mol. The predicted molar refractivity (Wildman–Crippen MR) is 66.1 cm³/mol. The Morgan fingerprint density at radius 2 is 1.76 bits per heavy atom. The number of nitrogens with zero attached hydrogens (tertiary/aromatic N) is 4. The SMILES string of the molecule is [N-]=[N+]=Nc1ccc(N2CCS(=O)(=O)CC2)cc1. The molecule has 17 heavy (non-hydrogen) atoms. The lowest BCUT2D eigenvalue weighted by Crippen LogP contribution is -2.40. The van der Waals surface area contributed by atoms with E-state index in [2.05, 4.69) is 10.0 Å². The number of rotatable bonds is 2. The van der Waals surface area contributed by atoms with Gasteiger partial charge in [0.1, 0.15) is 0 Å². The maximum absolute atomic E-state index is 11.3. The third-order valence-electron chi connectivity index (χ3n) is 2.72. The van der Waals surface area contributed by atoms with Crippen LogP contribution in [0.15, 0.2) is 29.4 Å². The number of benzene rings is 1. The van der Waals surface area contributed by atoms with Gasteiger partial charge in [-0.05, 0) is 17.7 Å². The van der Waals surface area contributed by atoms with Crippen LogP contribution in [-0.2, 0) is 9.84 Å². The van der Waals surface area contributed by atoms with Gasteiger partial charge in [0.25, 0.3) is 0 Å². The second kappa shape index (κ2) is 4.65. The van der Waals surface area contributed by atoms with E-state index in [4.69, 9.17) is 5.53 Å². The molecule has 0 amide bonds. The predicted octanol–water partition coefficient (Wildman–Crippen LogP) is 1.86. The molecule has 0 bridgehead atoms. The van der Waals surface area contributed by atoms with Crippen molar-refractivity contribution < 1.29 is 8.42 Å². The largest absolute Gasteiger partial charge is 0.369 e. The lowest BCUT2D eigenvalue weighted by molar-refractivity contribution is 0.587. The number of anilines is 1. The molecule has 1 heterocycles. The summed E-state index contributed by atoms with van der Waals surface area (Å²) in [7, 11) is -2.85. The molecule has 90 valence electrons. The minimum Gasteiger partial charge on any atom is -0.369 e. The van der Waals surface area contributed by atoms with Gasteiger partial charge in [-0.15, -0.1) is 0 Å². The molecular formula is C10H12N4O2S. The van der Waals surface area contributed by atoms with Gasteiger partial charge in [0.05, 0.1) is 11.5 Å². The highest BCUT2D eigenvalue weighted by atomic mass is 32.2. The van der Waals surface area contributed by atoms with Crippen LogP contribution < -0.4 is 4.90 Å². The van der Waals surface area contributed by atoms with Crippen molar-refractivity contribution in [1.29, 1.82) is 0 Å². The summed E-state index contributed by atoms with van der Waals surface area (Å²) in [5.41, 5.74) is 9.79. The van der Waals surface area contributed by atoms with E-state index < -0.39 is 9.84 Å². The first-order chi connectivity index (χ1) is 8.11. The molecule has 0 radical (unpaired) electrons. The third-order valence-corrected chi connectivity index (χ3v) is 4.33. The third kappa shape index (κ3) is 2.89. The zero-order valence-electron chi connectivity index (χ0n) is 9.15. The molecule has 7 heteroatoms. The van der Waals surface area contributed by atoms with E-state index in [0.717, 1.165) is 5.69 Å². The van der Waals surface area contributed by atoms with Crippen LogP contribution in [0.5, 0.6) is 0 Å². The quantitative estimate of drug-likeness (QED) is 0.457. The molecule has 0 aliphatic carbocycles. The topological polar surface area (TPSA) is 86.1 Å². The Hall–Kier alpha value is -1.72. The fourth-order valence-corrected chi connectivity index (χ4v) is 2.95. The van der Waals surface area contributed by atoms with E-state index in [9.17, 15) is 8.42 Å². The number of hydrogen-bond acceptors (Lipinski definition) is 4. The van der Waals surface area contributed by atoms with Crippen LogP contribution in [0.3, 0.4) is 0 Å². The summed E-state index contributed by atoms with van der Waals surface area (Å²) in [5.74, 6) is 0.399. The molecule has 0 saturated carbocycles. The van der Waals surface area contributed by atoms with Crippen molar-refractivity contribution in [2.45, 2.75) is 0 Å². The number of hydrogen-bond donors (Lipinski definition) is 0. The first-order valence-corrected chi connectivity index (χ1v) is 7.03. The molecule has 0 atom stereocenters.